The molecule has 0 amide bonds. The van der Waals surface area contributed by atoms with Gasteiger partial charge in [-0.15, -0.1) is 0 Å². The predicted octanol–water partition coefficient (Wildman–Crippen LogP) is 1.91. The van der Waals surface area contributed by atoms with Crippen molar-refractivity contribution in [2.75, 3.05) is 6.61 Å². The van der Waals surface area contributed by atoms with Crippen molar-refractivity contribution < 1.29 is 34.7 Å². The topological polar surface area (TPSA) is 116 Å². The van der Waals surface area contributed by atoms with Crippen LogP contribution in [0, 0.1) is 34.0 Å². The molecule has 32 heavy (non-hydrogen) atoms. The maximum atomic E-state index is 13.7. The van der Waals surface area contributed by atoms with Gasteiger partial charge < -0.3 is 29.9 Å². The summed E-state index contributed by atoms with van der Waals surface area (Å²) >= 11 is 0. The predicted molar refractivity (Wildman–Crippen MR) is 115 cm³/mol. The van der Waals surface area contributed by atoms with E-state index in [2.05, 4.69) is 13.5 Å². The lowest BCUT2D eigenvalue weighted by Crippen LogP contribution is -2.88. The molecule has 10 atom stereocenters. The summed E-state index contributed by atoms with van der Waals surface area (Å²) in [5.41, 5.74) is -2.98. The van der Waals surface area contributed by atoms with Gasteiger partial charge in [0, 0.05) is 18.4 Å². The minimum Gasteiger partial charge on any atom is -0.392 e. The molecule has 180 valence electrons. The van der Waals surface area contributed by atoms with E-state index in [0.29, 0.717) is 32.3 Å². The third kappa shape index (κ3) is 2.31. The van der Waals surface area contributed by atoms with Crippen LogP contribution < -0.4 is 0 Å². The van der Waals surface area contributed by atoms with Gasteiger partial charge in [-0.3, -0.25) is 4.79 Å². The summed E-state index contributed by atoms with van der Waals surface area (Å²) in [6.45, 7) is 10.5. The molecule has 6 rings (SSSR count). The molecule has 2 saturated heterocycles. The number of rotatable bonds is 5. The van der Waals surface area contributed by atoms with Crippen LogP contribution in [0.5, 0.6) is 0 Å². The van der Waals surface area contributed by atoms with Crippen molar-refractivity contribution in [1.82, 2.24) is 0 Å². The number of ketones is 1. The Bertz CT molecular complexity index is 825. The molecule has 4 bridgehead atoms. The van der Waals surface area contributed by atoms with Crippen LogP contribution in [0.25, 0.3) is 0 Å². The van der Waals surface area contributed by atoms with Gasteiger partial charge in [0.15, 0.2) is 12.1 Å². The number of Topliss-reactive ketones (excluding diaryl/α,β-unsaturated/α-hetero) is 1. The molecule has 6 aliphatic rings. The molecule has 7 nitrogen and oxygen atoms in total. The highest BCUT2D eigenvalue weighted by Gasteiger charge is 2.89. The van der Waals surface area contributed by atoms with Gasteiger partial charge in [0.05, 0.1) is 17.6 Å². The largest absolute Gasteiger partial charge is 0.392 e. The van der Waals surface area contributed by atoms with E-state index < -0.39 is 70.2 Å². The van der Waals surface area contributed by atoms with Gasteiger partial charge in [0.25, 0.3) is 0 Å². The van der Waals surface area contributed by atoms with E-state index in [1.165, 1.54) is 0 Å². The van der Waals surface area contributed by atoms with Crippen LogP contribution in [0.15, 0.2) is 12.2 Å². The first kappa shape index (κ1) is 22.9. The minimum absolute atomic E-state index is 0.287. The molecular formula is C25H38O7. The van der Waals surface area contributed by atoms with Gasteiger partial charge in [-0.1, -0.05) is 40.2 Å². The van der Waals surface area contributed by atoms with E-state index in [1.54, 1.807) is 0 Å². The van der Waals surface area contributed by atoms with Crippen LogP contribution in [0.1, 0.15) is 65.7 Å². The first-order chi connectivity index (χ1) is 15.0. The standard InChI is InChI=1S/C25H38O7/c1-5-6-7-12-31-21-23-15-9-8-14-13(2)18(27)24(15,19(14)28)25(30,32-21)20(29)17(23)22(3,4)11-10-16(23)26/h14-17,19-21,26,28-30H,2,5-12H2,1,3-4H3/t14-,15-,16-,17+,19+,20-,21-,23-,24-,25-/m0/s1. The number of hydrogen-bond donors (Lipinski definition) is 4. The maximum Gasteiger partial charge on any atom is 0.211 e. The number of hydrogen-bond acceptors (Lipinski definition) is 7. The van der Waals surface area contributed by atoms with Crippen LogP contribution in [0.4, 0.5) is 0 Å². The Morgan fingerprint density at radius 1 is 1.12 bits per heavy atom. The summed E-state index contributed by atoms with van der Waals surface area (Å²) in [7, 11) is 0. The first-order valence-corrected chi connectivity index (χ1v) is 12.3. The van der Waals surface area contributed by atoms with E-state index in [4.69, 9.17) is 9.47 Å². The highest BCUT2D eigenvalue weighted by molar-refractivity contribution is 6.05. The van der Waals surface area contributed by atoms with Crippen molar-refractivity contribution >= 4 is 5.78 Å². The number of ether oxygens (including phenoxy) is 2. The molecule has 2 heterocycles. The first-order valence-electron chi connectivity index (χ1n) is 12.3. The Morgan fingerprint density at radius 2 is 1.84 bits per heavy atom. The molecule has 0 aromatic heterocycles. The maximum absolute atomic E-state index is 13.7. The molecule has 4 aliphatic carbocycles. The third-order valence-corrected chi connectivity index (χ3v) is 9.92. The smallest absolute Gasteiger partial charge is 0.211 e. The van der Waals surface area contributed by atoms with Gasteiger partial charge in [-0.2, -0.15) is 0 Å². The van der Waals surface area contributed by atoms with E-state index in [0.717, 1.165) is 19.3 Å². The normalized spacial score (nSPS) is 53.3. The SMILES string of the molecule is C=C1C(=O)[C@]23[C@H](O)[C@H]1CC[C@H]2[C@@]12[C@@H](OCCCCC)O[C@@]3(O)[C@@H](O)[C@@H]1C(C)(C)CC[C@@H]2O. The second-order valence-corrected chi connectivity index (χ2v) is 11.6. The lowest BCUT2D eigenvalue weighted by Gasteiger charge is -2.76. The molecule has 0 radical (unpaired) electrons. The van der Waals surface area contributed by atoms with Crippen LogP contribution in [-0.2, 0) is 14.3 Å². The minimum atomic E-state index is -2.30. The second-order valence-electron chi connectivity index (χ2n) is 11.6. The molecule has 4 N–H and O–H groups in total. The zero-order chi connectivity index (χ0) is 23.3. The Labute approximate surface area is 189 Å². The monoisotopic (exact) mass is 450 g/mol. The zero-order valence-corrected chi connectivity index (χ0v) is 19.4. The van der Waals surface area contributed by atoms with Crippen molar-refractivity contribution in [3.05, 3.63) is 12.2 Å². The molecule has 2 aliphatic heterocycles. The summed E-state index contributed by atoms with van der Waals surface area (Å²) in [5.74, 6) is -4.33. The van der Waals surface area contributed by atoms with Gasteiger partial charge in [0.1, 0.15) is 11.5 Å². The molecule has 0 unspecified atom stereocenters. The molecule has 6 fully saturated rings. The van der Waals surface area contributed by atoms with Crippen molar-refractivity contribution in [2.45, 2.75) is 96.1 Å². The van der Waals surface area contributed by atoms with Gasteiger partial charge in [0.2, 0.25) is 5.79 Å². The number of carbonyl (C=O) groups excluding carboxylic acids is 1. The summed E-state index contributed by atoms with van der Waals surface area (Å²) in [4.78, 5) is 13.7. The average Bonchev–Trinajstić information content (AvgIpc) is 2.84. The number of unbranched alkanes of at least 4 members (excludes halogenated alkanes) is 2. The van der Waals surface area contributed by atoms with Gasteiger partial charge in [-0.05, 0) is 49.0 Å². The fourth-order valence-electron chi connectivity index (χ4n) is 8.66. The summed E-state index contributed by atoms with van der Waals surface area (Å²) in [5, 5.41) is 46.8. The van der Waals surface area contributed by atoms with Crippen molar-refractivity contribution in [1.29, 1.82) is 0 Å². The van der Waals surface area contributed by atoms with Crippen LogP contribution in [0.3, 0.4) is 0 Å². The van der Waals surface area contributed by atoms with E-state index in [-0.39, 0.29) is 5.57 Å². The zero-order valence-electron chi connectivity index (χ0n) is 19.4. The highest BCUT2D eigenvalue weighted by Crippen LogP contribution is 2.78. The van der Waals surface area contributed by atoms with Crippen LogP contribution in [-0.4, -0.2) is 63.2 Å². The number of aliphatic hydroxyl groups is 4. The average molecular weight is 451 g/mol. The Kier molecular flexibility index (Phi) is 5.08. The van der Waals surface area contributed by atoms with E-state index in [9.17, 15) is 25.2 Å². The lowest BCUT2D eigenvalue weighted by atomic mass is 9.35. The van der Waals surface area contributed by atoms with Gasteiger partial charge in [-0.25, -0.2) is 0 Å². The Morgan fingerprint density at radius 3 is 2.53 bits per heavy atom. The van der Waals surface area contributed by atoms with Crippen LogP contribution in [0.2, 0.25) is 0 Å². The highest BCUT2D eigenvalue weighted by atomic mass is 16.8. The summed E-state index contributed by atoms with van der Waals surface area (Å²) < 4.78 is 12.4. The fourth-order valence-corrected chi connectivity index (χ4v) is 8.66. The van der Waals surface area contributed by atoms with E-state index >= 15 is 0 Å². The summed E-state index contributed by atoms with van der Waals surface area (Å²) in [6, 6.07) is 0. The molecule has 7 heteroatoms. The van der Waals surface area contributed by atoms with Gasteiger partial charge >= 0.3 is 0 Å². The van der Waals surface area contributed by atoms with Crippen LogP contribution >= 0.6 is 0 Å². The van der Waals surface area contributed by atoms with Crippen molar-refractivity contribution in [3.63, 3.8) is 0 Å². The molecule has 2 spiro atoms. The fraction of sp³-hybridized carbons (Fsp3) is 0.880. The lowest BCUT2D eigenvalue weighted by molar-refractivity contribution is -0.511. The number of fused-ring (bicyclic) bond motifs is 2. The Hall–Kier alpha value is -0.830. The quantitative estimate of drug-likeness (QED) is 0.373. The number of carbonyl (C=O) groups is 1. The number of aliphatic hydroxyl groups excluding tert-OH is 3. The third-order valence-electron chi connectivity index (χ3n) is 9.92. The Balaban J connectivity index is 1.71. The van der Waals surface area contributed by atoms with E-state index in [1.807, 2.05) is 13.8 Å². The molecule has 4 saturated carbocycles. The van der Waals surface area contributed by atoms with Crippen molar-refractivity contribution in [3.8, 4) is 0 Å². The molecule has 0 aromatic carbocycles. The van der Waals surface area contributed by atoms with Crippen molar-refractivity contribution in [2.24, 2.45) is 34.0 Å². The summed E-state index contributed by atoms with van der Waals surface area (Å²) in [6.07, 6.45) is 0.547. The second kappa shape index (κ2) is 7.09. The molecular weight excluding hydrogens is 412 g/mol. The molecule has 0 aromatic rings.